The van der Waals surface area contributed by atoms with E-state index >= 15 is 0 Å². The predicted octanol–water partition coefficient (Wildman–Crippen LogP) is 4.39. The van der Waals surface area contributed by atoms with Gasteiger partial charge in [0.1, 0.15) is 11.5 Å². The van der Waals surface area contributed by atoms with Gasteiger partial charge in [0.2, 0.25) is 0 Å². The van der Waals surface area contributed by atoms with Gasteiger partial charge in [-0.25, -0.2) is 0 Å². The van der Waals surface area contributed by atoms with Crippen LogP contribution in [-0.2, 0) is 0 Å². The molecule has 2 aromatic rings. The van der Waals surface area contributed by atoms with Crippen molar-refractivity contribution in [2.45, 2.75) is 12.5 Å². The lowest BCUT2D eigenvalue weighted by molar-refractivity contribution is 0.274. The van der Waals surface area contributed by atoms with E-state index in [1.165, 1.54) is 5.56 Å². The number of benzene rings is 2. The second-order valence-corrected chi connectivity index (χ2v) is 5.63. The van der Waals surface area contributed by atoms with Crippen molar-refractivity contribution in [1.82, 2.24) is 0 Å². The van der Waals surface area contributed by atoms with E-state index in [1.807, 2.05) is 36.4 Å². The van der Waals surface area contributed by atoms with Crippen LogP contribution in [0.2, 0.25) is 0 Å². The minimum absolute atomic E-state index is 0.239. The second kappa shape index (κ2) is 5.75. The Labute approximate surface area is 127 Å². The quantitative estimate of drug-likeness (QED) is 0.903. The van der Waals surface area contributed by atoms with Crippen molar-refractivity contribution in [1.29, 1.82) is 0 Å². The molecule has 0 bridgehead atoms. The number of fused-ring (bicyclic) bond motifs is 1. The molecular formula is C16H16BrNO2. The monoisotopic (exact) mass is 333 g/mol. The van der Waals surface area contributed by atoms with Crippen LogP contribution in [0.1, 0.15) is 18.0 Å². The highest BCUT2D eigenvalue weighted by molar-refractivity contribution is 9.10. The predicted molar refractivity (Wildman–Crippen MR) is 83.6 cm³/mol. The molecule has 104 valence electrons. The van der Waals surface area contributed by atoms with Crippen LogP contribution >= 0.6 is 15.9 Å². The molecule has 1 atom stereocenters. The summed E-state index contributed by atoms with van der Waals surface area (Å²) in [5, 5.41) is 3.56. The summed E-state index contributed by atoms with van der Waals surface area (Å²) in [7, 11) is 1.69. The van der Waals surface area contributed by atoms with Crippen molar-refractivity contribution in [3.05, 3.63) is 52.5 Å². The topological polar surface area (TPSA) is 30.5 Å². The molecule has 0 aromatic heterocycles. The average Bonchev–Trinajstić information content (AvgIpc) is 2.48. The number of hydrogen-bond acceptors (Lipinski definition) is 3. The van der Waals surface area contributed by atoms with Gasteiger partial charge in [0.05, 0.1) is 25.4 Å². The third kappa shape index (κ3) is 2.61. The van der Waals surface area contributed by atoms with E-state index in [2.05, 4.69) is 27.3 Å². The minimum Gasteiger partial charge on any atom is -0.495 e. The van der Waals surface area contributed by atoms with Crippen LogP contribution in [0.4, 0.5) is 5.69 Å². The SMILES string of the molecule is COc1ccc(Br)cc1NC1CCOc2ccccc21. The van der Waals surface area contributed by atoms with Crippen molar-refractivity contribution in [2.75, 3.05) is 19.0 Å². The summed E-state index contributed by atoms with van der Waals surface area (Å²) in [4.78, 5) is 0. The highest BCUT2D eigenvalue weighted by atomic mass is 79.9. The second-order valence-electron chi connectivity index (χ2n) is 4.72. The largest absolute Gasteiger partial charge is 0.495 e. The molecule has 3 nitrogen and oxygen atoms in total. The van der Waals surface area contributed by atoms with Gasteiger partial charge in [-0.15, -0.1) is 0 Å². The molecule has 0 radical (unpaired) electrons. The minimum atomic E-state index is 0.239. The van der Waals surface area contributed by atoms with Crippen LogP contribution < -0.4 is 14.8 Å². The zero-order valence-corrected chi connectivity index (χ0v) is 12.8. The Hall–Kier alpha value is -1.68. The fraction of sp³-hybridized carbons (Fsp3) is 0.250. The smallest absolute Gasteiger partial charge is 0.142 e. The van der Waals surface area contributed by atoms with E-state index in [1.54, 1.807) is 7.11 Å². The lowest BCUT2D eigenvalue weighted by Gasteiger charge is -2.28. The lowest BCUT2D eigenvalue weighted by Crippen LogP contribution is -2.20. The van der Waals surface area contributed by atoms with E-state index in [4.69, 9.17) is 9.47 Å². The van der Waals surface area contributed by atoms with E-state index < -0.39 is 0 Å². The highest BCUT2D eigenvalue weighted by Gasteiger charge is 2.21. The number of anilines is 1. The molecule has 20 heavy (non-hydrogen) atoms. The van der Waals surface area contributed by atoms with Crippen LogP contribution in [0.25, 0.3) is 0 Å². The van der Waals surface area contributed by atoms with Crippen LogP contribution in [0.3, 0.4) is 0 Å². The summed E-state index contributed by atoms with van der Waals surface area (Å²) >= 11 is 3.50. The summed E-state index contributed by atoms with van der Waals surface area (Å²) in [5.74, 6) is 1.81. The first-order valence-corrected chi connectivity index (χ1v) is 7.39. The van der Waals surface area contributed by atoms with E-state index in [0.29, 0.717) is 0 Å². The van der Waals surface area contributed by atoms with Crippen LogP contribution in [0.15, 0.2) is 46.9 Å². The Morgan fingerprint density at radius 1 is 1.25 bits per heavy atom. The number of ether oxygens (including phenoxy) is 2. The molecule has 1 heterocycles. The van der Waals surface area contributed by atoms with Crippen molar-refractivity contribution in [3.63, 3.8) is 0 Å². The molecule has 0 saturated heterocycles. The Morgan fingerprint density at radius 3 is 2.95 bits per heavy atom. The first-order valence-electron chi connectivity index (χ1n) is 6.60. The van der Waals surface area contributed by atoms with Gasteiger partial charge in [0, 0.05) is 16.5 Å². The summed E-state index contributed by atoms with van der Waals surface area (Å²) in [6.45, 7) is 0.727. The Balaban J connectivity index is 1.91. The molecule has 4 heteroatoms. The molecule has 1 N–H and O–H groups in total. The van der Waals surface area contributed by atoms with Crippen LogP contribution in [0, 0.1) is 0 Å². The Morgan fingerprint density at radius 2 is 2.10 bits per heavy atom. The first kappa shape index (κ1) is 13.3. The molecule has 0 amide bonds. The van der Waals surface area contributed by atoms with Gasteiger partial charge in [0.25, 0.3) is 0 Å². The number of nitrogens with one attached hydrogen (secondary N) is 1. The van der Waals surface area contributed by atoms with Crippen molar-refractivity contribution < 1.29 is 9.47 Å². The summed E-state index contributed by atoms with van der Waals surface area (Å²) in [6.07, 6.45) is 0.937. The zero-order valence-electron chi connectivity index (χ0n) is 11.2. The van der Waals surface area contributed by atoms with Gasteiger partial charge >= 0.3 is 0 Å². The summed E-state index contributed by atoms with van der Waals surface area (Å²) in [6, 6.07) is 14.4. The molecule has 0 spiro atoms. The number of halogens is 1. The van der Waals surface area contributed by atoms with Gasteiger partial charge in [-0.05, 0) is 24.3 Å². The summed E-state index contributed by atoms with van der Waals surface area (Å²) < 4.78 is 12.1. The zero-order chi connectivity index (χ0) is 13.9. The van der Waals surface area contributed by atoms with E-state index in [0.717, 1.165) is 34.7 Å². The van der Waals surface area contributed by atoms with E-state index in [-0.39, 0.29) is 6.04 Å². The molecule has 3 rings (SSSR count). The number of hydrogen-bond donors (Lipinski definition) is 1. The van der Waals surface area contributed by atoms with Crippen LogP contribution in [0.5, 0.6) is 11.5 Å². The van der Waals surface area contributed by atoms with E-state index in [9.17, 15) is 0 Å². The maximum absolute atomic E-state index is 5.69. The van der Waals surface area contributed by atoms with Gasteiger partial charge in [-0.2, -0.15) is 0 Å². The summed E-state index contributed by atoms with van der Waals surface area (Å²) in [5.41, 5.74) is 2.18. The standard InChI is InChI=1S/C16H16BrNO2/c1-19-16-7-6-11(17)10-14(16)18-13-8-9-20-15-5-3-2-4-12(13)15/h2-7,10,13,18H,8-9H2,1H3. The number of rotatable bonds is 3. The van der Waals surface area contributed by atoms with Gasteiger partial charge in [-0.1, -0.05) is 34.1 Å². The third-order valence-corrected chi connectivity index (χ3v) is 3.94. The molecule has 1 aliphatic heterocycles. The molecular weight excluding hydrogens is 318 g/mol. The molecule has 1 unspecified atom stereocenters. The molecule has 0 fully saturated rings. The normalized spacial score (nSPS) is 17.0. The Bertz CT molecular complexity index is 615. The van der Waals surface area contributed by atoms with Crippen molar-refractivity contribution in [2.24, 2.45) is 0 Å². The van der Waals surface area contributed by atoms with Gasteiger partial charge in [0.15, 0.2) is 0 Å². The van der Waals surface area contributed by atoms with Crippen molar-refractivity contribution in [3.8, 4) is 11.5 Å². The molecule has 2 aromatic carbocycles. The maximum atomic E-state index is 5.69. The third-order valence-electron chi connectivity index (χ3n) is 3.45. The van der Waals surface area contributed by atoms with Crippen LogP contribution in [-0.4, -0.2) is 13.7 Å². The van der Waals surface area contributed by atoms with Gasteiger partial charge < -0.3 is 14.8 Å². The fourth-order valence-electron chi connectivity index (χ4n) is 2.47. The average molecular weight is 334 g/mol. The lowest BCUT2D eigenvalue weighted by atomic mass is 10.0. The molecule has 1 aliphatic rings. The maximum Gasteiger partial charge on any atom is 0.142 e. The van der Waals surface area contributed by atoms with Crippen molar-refractivity contribution >= 4 is 21.6 Å². The fourth-order valence-corrected chi connectivity index (χ4v) is 2.83. The number of para-hydroxylation sites is 1. The Kier molecular flexibility index (Phi) is 3.83. The van der Waals surface area contributed by atoms with Gasteiger partial charge in [-0.3, -0.25) is 0 Å². The molecule has 0 aliphatic carbocycles. The highest BCUT2D eigenvalue weighted by Crippen LogP contribution is 2.37. The molecule has 0 saturated carbocycles. The number of methoxy groups -OCH3 is 1. The first-order chi connectivity index (χ1) is 9.78.